The summed E-state index contributed by atoms with van der Waals surface area (Å²) in [6.07, 6.45) is 5.52. The van der Waals surface area contributed by atoms with E-state index in [9.17, 15) is 0 Å². The van der Waals surface area contributed by atoms with Gasteiger partial charge in [-0.1, -0.05) is 31.2 Å². The Bertz CT molecular complexity index is 686. The Morgan fingerprint density at radius 3 is 2.86 bits per heavy atom. The molecule has 1 atom stereocenters. The Hall–Kier alpha value is -2.13. The van der Waals surface area contributed by atoms with Crippen molar-refractivity contribution in [1.82, 2.24) is 10.3 Å². The van der Waals surface area contributed by atoms with Crippen LogP contribution < -0.4 is 5.32 Å². The Morgan fingerprint density at radius 2 is 2.05 bits per heavy atom. The summed E-state index contributed by atoms with van der Waals surface area (Å²) in [6, 6.07) is 14.8. The molecule has 0 aliphatic carbocycles. The number of rotatable bonds is 6. The molecule has 2 aromatic heterocycles. The Balaban J connectivity index is 1.88. The van der Waals surface area contributed by atoms with Crippen LogP contribution in [0.5, 0.6) is 0 Å². The smallest absolute Gasteiger partial charge is 0.103 e. The van der Waals surface area contributed by atoms with Crippen molar-refractivity contribution < 1.29 is 4.42 Å². The van der Waals surface area contributed by atoms with Crippen molar-refractivity contribution in [3.8, 4) is 0 Å². The number of nitrogens with zero attached hydrogens (tertiary/aromatic N) is 1. The highest BCUT2D eigenvalue weighted by Crippen LogP contribution is 2.26. The largest absolute Gasteiger partial charge is 0.469 e. The first-order valence-corrected chi connectivity index (χ1v) is 7.48. The van der Waals surface area contributed by atoms with Crippen molar-refractivity contribution >= 4 is 10.9 Å². The highest BCUT2D eigenvalue weighted by atomic mass is 16.3. The summed E-state index contributed by atoms with van der Waals surface area (Å²) in [5, 5.41) is 4.76. The highest BCUT2D eigenvalue weighted by Gasteiger charge is 2.14. The molecule has 0 bridgehead atoms. The van der Waals surface area contributed by atoms with Crippen LogP contribution in [0.4, 0.5) is 0 Å². The van der Waals surface area contributed by atoms with E-state index in [-0.39, 0.29) is 0 Å². The van der Waals surface area contributed by atoms with Crippen LogP contribution in [0.25, 0.3) is 10.9 Å². The first-order chi connectivity index (χ1) is 10.4. The quantitative estimate of drug-likeness (QED) is 0.738. The molecule has 0 amide bonds. The fourth-order valence-electron chi connectivity index (χ4n) is 2.76. The molecule has 3 rings (SSSR count). The number of pyridine rings is 1. The van der Waals surface area contributed by atoms with Crippen molar-refractivity contribution in [2.45, 2.75) is 25.8 Å². The highest BCUT2D eigenvalue weighted by molar-refractivity contribution is 5.82. The maximum absolute atomic E-state index is 5.44. The number of hydrogen-bond donors (Lipinski definition) is 1. The number of aryl methyl sites for hydroxylation is 1. The lowest BCUT2D eigenvalue weighted by molar-refractivity contribution is 0.459. The number of nitrogens with one attached hydrogen (secondary N) is 1. The first kappa shape index (κ1) is 13.8. The van der Waals surface area contributed by atoms with Crippen molar-refractivity contribution in [3.05, 3.63) is 66.2 Å². The van der Waals surface area contributed by atoms with E-state index in [0.29, 0.717) is 6.04 Å². The third-order valence-electron chi connectivity index (χ3n) is 3.75. The molecule has 108 valence electrons. The van der Waals surface area contributed by atoms with Gasteiger partial charge in [0.25, 0.3) is 0 Å². The third kappa shape index (κ3) is 3.14. The van der Waals surface area contributed by atoms with Crippen LogP contribution in [-0.2, 0) is 6.42 Å². The van der Waals surface area contributed by atoms with E-state index < -0.39 is 0 Å². The SMILES string of the molecule is CCNC(CCc1ccco1)c1cccc2cccnc12. The van der Waals surface area contributed by atoms with E-state index in [0.717, 1.165) is 30.7 Å². The molecule has 1 unspecified atom stereocenters. The molecule has 0 aliphatic rings. The fourth-order valence-corrected chi connectivity index (χ4v) is 2.76. The standard InChI is InChI=1S/C18H20N2O/c1-2-19-17(11-10-15-8-5-13-21-15)16-9-3-6-14-7-4-12-20-18(14)16/h3-9,12-13,17,19H,2,10-11H2,1H3. The lowest BCUT2D eigenvalue weighted by atomic mass is 9.98. The molecule has 1 N–H and O–H groups in total. The summed E-state index contributed by atoms with van der Waals surface area (Å²) in [5.41, 5.74) is 2.35. The molecule has 21 heavy (non-hydrogen) atoms. The van der Waals surface area contributed by atoms with Gasteiger partial charge < -0.3 is 9.73 Å². The lowest BCUT2D eigenvalue weighted by Crippen LogP contribution is -2.22. The van der Waals surface area contributed by atoms with Gasteiger partial charge in [-0.2, -0.15) is 0 Å². The summed E-state index contributed by atoms with van der Waals surface area (Å²) in [4.78, 5) is 4.57. The molecule has 2 heterocycles. The minimum absolute atomic E-state index is 0.290. The van der Waals surface area contributed by atoms with Crippen LogP contribution in [0.15, 0.2) is 59.3 Å². The normalized spacial score (nSPS) is 12.6. The van der Waals surface area contributed by atoms with Gasteiger partial charge in [-0.15, -0.1) is 0 Å². The molecule has 1 aromatic carbocycles. The van der Waals surface area contributed by atoms with E-state index in [2.05, 4.69) is 41.5 Å². The Morgan fingerprint density at radius 1 is 1.14 bits per heavy atom. The monoisotopic (exact) mass is 280 g/mol. The van der Waals surface area contributed by atoms with Crippen LogP contribution in [0, 0.1) is 0 Å². The summed E-state index contributed by atoms with van der Waals surface area (Å²) in [6.45, 7) is 3.07. The number of hydrogen-bond acceptors (Lipinski definition) is 3. The summed E-state index contributed by atoms with van der Waals surface area (Å²) >= 11 is 0. The molecule has 0 saturated carbocycles. The minimum Gasteiger partial charge on any atom is -0.469 e. The summed E-state index contributed by atoms with van der Waals surface area (Å²) in [5.74, 6) is 1.03. The number of benzene rings is 1. The van der Waals surface area contributed by atoms with Crippen LogP contribution in [0.1, 0.15) is 30.7 Å². The van der Waals surface area contributed by atoms with Gasteiger partial charge in [-0.25, -0.2) is 0 Å². The van der Waals surface area contributed by atoms with Gasteiger partial charge in [-0.05, 0) is 36.7 Å². The topological polar surface area (TPSA) is 38.1 Å². The fraction of sp³-hybridized carbons (Fsp3) is 0.278. The van der Waals surface area contributed by atoms with Crippen LogP contribution in [0.3, 0.4) is 0 Å². The molecule has 3 heteroatoms. The van der Waals surface area contributed by atoms with Crippen molar-refractivity contribution in [2.24, 2.45) is 0 Å². The van der Waals surface area contributed by atoms with Crippen LogP contribution in [-0.4, -0.2) is 11.5 Å². The van der Waals surface area contributed by atoms with Crippen LogP contribution >= 0.6 is 0 Å². The Kier molecular flexibility index (Phi) is 4.31. The van der Waals surface area contributed by atoms with Gasteiger partial charge in [0.15, 0.2) is 0 Å². The first-order valence-electron chi connectivity index (χ1n) is 7.48. The van der Waals surface area contributed by atoms with Crippen molar-refractivity contribution in [2.75, 3.05) is 6.54 Å². The molecule has 0 fully saturated rings. The number of furan rings is 1. The molecular weight excluding hydrogens is 260 g/mol. The second kappa shape index (κ2) is 6.55. The van der Waals surface area contributed by atoms with E-state index in [4.69, 9.17) is 4.42 Å². The predicted molar refractivity (Wildman–Crippen MR) is 85.2 cm³/mol. The third-order valence-corrected chi connectivity index (χ3v) is 3.75. The summed E-state index contributed by atoms with van der Waals surface area (Å²) < 4.78 is 5.44. The number of para-hydroxylation sites is 1. The number of aromatic nitrogens is 1. The van der Waals surface area contributed by atoms with Gasteiger partial charge >= 0.3 is 0 Å². The zero-order chi connectivity index (χ0) is 14.5. The second-order valence-corrected chi connectivity index (χ2v) is 5.15. The number of fused-ring (bicyclic) bond motifs is 1. The van der Waals surface area contributed by atoms with E-state index >= 15 is 0 Å². The van der Waals surface area contributed by atoms with Crippen LogP contribution in [0.2, 0.25) is 0 Å². The Labute approximate surface area is 125 Å². The lowest BCUT2D eigenvalue weighted by Gasteiger charge is -2.19. The van der Waals surface area contributed by atoms with Gasteiger partial charge in [0, 0.05) is 24.0 Å². The molecule has 3 nitrogen and oxygen atoms in total. The average molecular weight is 280 g/mol. The minimum atomic E-state index is 0.290. The van der Waals surface area contributed by atoms with Crippen molar-refractivity contribution in [1.29, 1.82) is 0 Å². The van der Waals surface area contributed by atoms with Gasteiger partial charge in [0.05, 0.1) is 11.8 Å². The molecule has 3 aromatic rings. The second-order valence-electron chi connectivity index (χ2n) is 5.15. The molecule has 0 saturated heterocycles. The maximum Gasteiger partial charge on any atom is 0.103 e. The molecule has 0 spiro atoms. The zero-order valence-electron chi connectivity index (χ0n) is 12.3. The zero-order valence-corrected chi connectivity index (χ0v) is 12.3. The predicted octanol–water partition coefficient (Wildman–Crippen LogP) is 4.11. The van der Waals surface area contributed by atoms with E-state index in [1.54, 1.807) is 6.26 Å². The molecule has 0 aliphatic heterocycles. The van der Waals surface area contributed by atoms with Gasteiger partial charge in [0.1, 0.15) is 5.76 Å². The van der Waals surface area contributed by atoms with Gasteiger partial charge in [-0.3, -0.25) is 4.98 Å². The van der Waals surface area contributed by atoms with Gasteiger partial charge in [0.2, 0.25) is 0 Å². The van der Waals surface area contributed by atoms with E-state index in [1.807, 2.05) is 24.4 Å². The maximum atomic E-state index is 5.44. The average Bonchev–Trinajstić information content (AvgIpc) is 3.04. The van der Waals surface area contributed by atoms with Crippen molar-refractivity contribution in [3.63, 3.8) is 0 Å². The molecular formula is C18H20N2O. The molecule has 0 radical (unpaired) electrons. The summed E-state index contributed by atoms with van der Waals surface area (Å²) in [7, 11) is 0. The van der Waals surface area contributed by atoms with E-state index in [1.165, 1.54) is 10.9 Å².